The number of thiophene rings is 1. The van der Waals surface area contributed by atoms with Gasteiger partial charge in [-0.05, 0) is 19.9 Å². The van der Waals surface area contributed by atoms with Gasteiger partial charge in [-0.15, -0.1) is 11.3 Å². The van der Waals surface area contributed by atoms with Crippen LogP contribution in [0.5, 0.6) is 0 Å². The van der Waals surface area contributed by atoms with Crippen LogP contribution in [0.3, 0.4) is 0 Å². The van der Waals surface area contributed by atoms with E-state index in [1.54, 1.807) is 25.3 Å². The number of likely N-dealkylation sites (N-methyl/N-ethyl adjacent to an activating group) is 1. The summed E-state index contributed by atoms with van der Waals surface area (Å²) in [5.74, 6) is -0.233. The summed E-state index contributed by atoms with van der Waals surface area (Å²) in [5, 5.41) is 8.45. The third-order valence-electron chi connectivity index (χ3n) is 3.60. The summed E-state index contributed by atoms with van der Waals surface area (Å²) in [5.41, 5.74) is 0.547. The van der Waals surface area contributed by atoms with Crippen LogP contribution < -0.4 is 10.9 Å². The van der Waals surface area contributed by atoms with Crippen LogP contribution in [0.25, 0.3) is 20.2 Å². The van der Waals surface area contributed by atoms with Crippen LogP contribution >= 0.6 is 11.3 Å². The molecule has 1 amide bonds. The van der Waals surface area contributed by atoms with Crippen LogP contribution in [0, 0.1) is 6.92 Å². The monoisotopic (exact) mass is 301 g/mol. The highest BCUT2D eigenvalue weighted by atomic mass is 32.1. The molecule has 1 unspecified atom stereocenters. The Balaban J connectivity index is 2.39. The number of aromatic nitrogens is 2. The standard InChI is InChI=1S/C15H15N3O2S/c1-8-13-12(10-6-4-5-7-11(10)21-13)15(20)18(17-8)9(2)14(19)16-3/h4-7,9H,1-3H3,(H,16,19). The molecule has 0 bridgehead atoms. The van der Waals surface area contributed by atoms with Gasteiger partial charge >= 0.3 is 0 Å². The molecule has 5 nitrogen and oxygen atoms in total. The minimum atomic E-state index is -0.635. The van der Waals surface area contributed by atoms with Crippen LogP contribution in [-0.2, 0) is 4.79 Å². The molecule has 1 atom stereocenters. The van der Waals surface area contributed by atoms with Crippen LogP contribution in [0.2, 0.25) is 0 Å². The second kappa shape index (κ2) is 4.96. The van der Waals surface area contributed by atoms with Crippen molar-refractivity contribution >= 4 is 37.4 Å². The molecule has 0 aliphatic heterocycles. The molecule has 0 spiro atoms. The van der Waals surface area contributed by atoms with Gasteiger partial charge in [0.1, 0.15) is 6.04 Å². The average Bonchev–Trinajstić information content (AvgIpc) is 2.89. The smallest absolute Gasteiger partial charge is 0.276 e. The number of nitrogens with zero attached hydrogens (tertiary/aromatic N) is 2. The maximum atomic E-state index is 12.7. The van der Waals surface area contributed by atoms with Crippen molar-refractivity contribution in [3.05, 3.63) is 40.3 Å². The third kappa shape index (κ3) is 2.03. The molecule has 0 fully saturated rings. The van der Waals surface area contributed by atoms with Gasteiger partial charge in [-0.1, -0.05) is 18.2 Å². The Kier molecular flexibility index (Phi) is 3.25. The maximum absolute atomic E-state index is 12.7. The van der Waals surface area contributed by atoms with Gasteiger partial charge in [0.15, 0.2) is 0 Å². The van der Waals surface area contributed by atoms with Gasteiger partial charge in [-0.25, -0.2) is 4.68 Å². The van der Waals surface area contributed by atoms with Crippen molar-refractivity contribution in [2.24, 2.45) is 0 Å². The zero-order chi connectivity index (χ0) is 15.1. The van der Waals surface area contributed by atoms with Crippen molar-refractivity contribution < 1.29 is 4.79 Å². The fraction of sp³-hybridized carbons (Fsp3) is 0.267. The summed E-state index contributed by atoms with van der Waals surface area (Å²) in [4.78, 5) is 24.6. The van der Waals surface area contributed by atoms with E-state index in [0.29, 0.717) is 5.39 Å². The number of nitrogens with one attached hydrogen (secondary N) is 1. The quantitative estimate of drug-likeness (QED) is 0.789. The topological polar surface area (TPSA) is 64.0 Å². The molecule has 21 heavy (non-hydrogen) atoms. The minimum Gasteiger partial charge on any atom is -0.357 e. The number of rotatable bonds is 2. The van der Waals surface area contributed by atoms with E-state index in [-0.39, 0.29) is 11.5 Å². The van der Waals surface area contributed by atoms with Crippen LogP contribution in [0.4, 0.5) is 0 Å². The second-order valence-electron chi connectivity index (χ2n) is 4.93. The predicted molar refractivity (Wildman–Crippen MR) is 84.9 cm³/mol. The van der Waals surface area contributed by atoms with Gasteiger partial charge in [-0.2, -0.15) is 5.10 Å². The molecule has 108 valence electrons. The maximum Gasteiger partial charge on any atom is 0.276 e. The summed E-state index contributed by atoms with van der Waals surface area (Å²) >= 11 is 1.56. The van der Waals surface area contributed by atoms with E-state index in [0.717, 1.165) is 20.5 Å². The number of hydrogen-bond donors (Lipinski definition) is 1. The summed E-state index contributed by atoms with van der Waals surface area (Å²) in [6.07, 6.45) is 0. The molecule has 6 heteroatoms. The predicted octanol–water partition coefficient (Wildman–Crippen LogP) is 2.23. The van der Waals surface area contributed by atoms with E-state index in [4.69, 9.17) is 0 Å². The lowest BCUT2D eigenvalue weighted by Gasteiger charge is -2.13. The molecule has 1 aromatic carbocycles. The molecule has 2 aromatic heterocycles. The normalized spacial score (nSPS) is 12.7. The van der Waals surface area contributed by atoms with E-state index >= 15 is 0 Å². The fourth-order valence-electron chi connectivity index (χ4n) is 2.46. The highest BCUT2D eigenvalue weighted by molar-refractivity contribution is 7.26. The van der Waals surface area contributed by atoms with E-state index in [2.05, 4.69) is 10.4 Å². The largest absolute Gasteiger partial charge is 0.357 e. The summed E-state index contributed by atoms with van der Waals surface area (Å²) in [6.45, 7) is 3.54. The van der Waals surface area contributed by atoms with Crippen molar-refractivity contribution in [1.82, 2.24) is 15.1 Å². The first-order valence-electron chi connectivity index (χ1n) is 6.67. The first-order chi connectivity index (χ1) is 10.0. The van der Waals surface area contributed by atoms with Gasteiger partial charge < -0.3 is 5.32 Å². The van der Waals surface area contributed by atoms with E-state index < -0.39 is 6.04 Å². The number of benzene rings is 1. The molecular formula is C15H15N3O2S. The zero-order valence-electron chi connectivity index (χ0n) is 12.0. The number of fused-ring (bicyclic) bond motifs is 3. The van der Waals surface area contributed by atoms with Crippen molar-refractivity contribution in [2.75, 3.05) is 7.05 Å². The highest BCUT2D eigenvalue weighted by Gasteiger charge is 2.20. The fourth-order valence-corrected chi connectivity index (χ4v) is 3.60. The lowest BCUT2D eigenvalue weighted by molar-refractivity contribution is -0.123. The first kappa shape index (κ1) is 13.8. The Morgan fingerprint density at radius 1 is 1.38 bits per heavy atom. The molecule has 0 aliphatic carbocycles. The van der Waals surface area contributed by atoms with Crippen molar-refractivity contribution in [3.8, 4) is 0 Å². The molecule has 0 saturated carbocycles. The molecule has 1 N–H and O–H groups in total. The van der Waals surface area contributed by atoms with Crippen LogP contribution in [0.1, 0.15) is 18.7 Å². The Hall–Kier alpha value is -2.21. The van der Waals surface area contributed by atoms with Crippen molar-refractivity contribution in [3.63, 3.8) is 0 Å². The van der Waals surface area contributed by atoms with Gasteiger partial charge in [0.25, 0.3) is 5.56 Å². The molecule has 2 heterocycles. The zero-order valence-corrected chi connectivity index (χ0v) is 12.8. The van der Waals surface area contributed by atoms with Crippen LogP contribution in [0.15, 0.2) is 29.1 Å². The Morgan fingerprint density at radius 2 is 2.10 bits per heavy atom. The summed E-state index contributed by atoms with van der Waals surface area (Å²) in [6, 6.07) is 7.15. The van der Waals surface area contributed by atoms with Gasteiger partial charge in [0.2, 0.25) is 5.91 Å². The van der Waals surface area contributed by atoms with E-state index in [1.165, 1.54) is 4.68 Å². The van der Waals surface area contributed by atoms with Crippen LogP contribution in [-0.4, -0.2) is 22.7 Å². The lowest BCUT2D eigenvalue weighted by atomic mass is 10.2. The molecule has 0 radical (unpaired) electrons. The summed E-state index contributed by atoms with van der Waals surface area (Å²) < 4.78 is 3.22. The summed E-state index contributed by atoms with van der Waals surface area (Å²) in [7, 11) is 1.55. The first-order valence-corrected chi connectivity index (χ1v) is 7.48. The second-order valence-corrected chi connectivity index (χ2v) is 5.98. The Morgan fingerprint density at radius 3 is 2.81 bits per heavy atom. The van der Waals surface area contributed by atoms with E-state index in [9.17, 15) is 9.59 Å². The number of carbonyl (C=O) groups is 1. The molecule has 0 aliphatic rings. The Labute approximate surface area is 125 Å². The average molecular weight is 301 g/mol. The molecule has 0 saturated heterocycles. The SMILES string of the molecule is CNC(=O)C(C)n1nc(C)c2sc3ccccc3c2c1=O. The van der Waals surface area contributed by atoms with E-state index in [1.807, 2.05) is 31.2 Å². The lowest BCUT2D eigenvalue weighted by Crippen LogP contribution is -2.35. The number of carbonyl (C=O) groups excluding carboxylic acids is 1. The van der Waals surface area contributed by atoms with Crippen molar-refractivity contribution in [2.45, 2.75) is 19.9 Å². The number of aryl methyl sites for hydroxylation is 1. The number of hydrogen-bond acceptors (Lipinski definition) is 4. The van der Waals surface area contributed by atoms with Gasteiger partial charge in [-0.3, -0.25) is 9.59 Å². The Bertz CT molecular complexity index is 910. The third-order valence-corrected chi connectivity index (χ3v) is 4.88. The molecular weight excluding hydrogens is 286 g/mol. The van der Waals surface area contributed by atoms with Crippen molar-refractivity contribution in [1.29, 1.82) is 0 Å². The molecule has 3 rings (SSSR count). The number of amides is 1. The van der Waals surface area contributed by atoms with Gasteiger partial charge in [0.05, 0.1) is 15.8 Å². The molecule has 3 aromatic rings. The highest BCUT2D eigenvalue weighted by Crippen LogP contribution is 2.32. The van der Waals surface area contributed by atoms with Gasteiger partial charge in [0, 0.05) is 17.1 Å². The minimum absolute atomic E-state index is 0.218.